The van der Waals surface area contributed by atoms with E-state index in [4.69, 9.17) is 11.6 Å². The van der Waals surface area contributed by atoms with Gasteiger partial charge in [0.15, 0.2) is 0 Å². The smallest absolute Gasteiger partial charge is 0.244 e. The molecule has 5 nitrogen and oxygen atoms in total. The van der Waals surface area contributed by atoms with Gasteiger partial charge in [0.05, 0.1) is 6.54 Å². The number of carbonyl (C=O) groups excluding carboxylic acids is 2. The Morgan fingerprint density at radius 1 is 1.29 bits per heavy atom. The predicted molar refractivity (Wildman–Crippen MR) is 96.8 cm³/mol. The van der Waals surface area contributed by atoms with Gasteiger partial charge in [0.25, 0.3) is 0 Å². The first-order valence-corrected chi connectivity index (χ1v) is 8.54. The van der Waals surface area contributed by atoms with E-state index in [9.17, 15) is 9.59 Å². The molecular formula is C18H24ClN3O2. The lowest BCUT2D eigenvalue weighted by Gasteiger charge is -2.31. The first-order chi connectivity index (χ1) is 11.5. The van der Waals surface area contributed by atoms with E-state index in [-0.39, 0.29) is 17.9 Å². The molecule has 0 saturated carbocycles. The van der Waals surface area contributed by atoms with Crippen LogP contribution in [0.15, 0.2) is 30.3 Å². The lowest BCUT2D eigenvalue weighted by atomic mass is 10.0. The van der Waals surface area contributed by atoms with Gasteiger partial charge < -0.3 is 10.6 Å². The number of likely N-dealkylation sites (N-methyl/N-ethyl adjacent to an activating group) is 1. The number of benzene rings is 1. The van der Waals surface area contributed by atoms with Crippen LogP contribution >= 0.6 is 11.6 Å². The number of amides is 2. The molecule has 1 aliphatic rings. The second-order valence-corrected chi connectivity index (χ2v) is 6.45. The zero-order valence-electron chi connectivity index (χ0n) is 14.1. The first kappa shape index (κ1) is 18.5. The Kier molecular flexibility index (Phi) is 6.82. The number of carbonyl (C=O) groups is 2. The highest BCUT2D eigenvalue weighted by Crippen LogP contribution is 2.22. The van der Waals surface area contributed by atoms with Crippen molar-refractivity contribution in [3.8, 4) is 0 Å². The molecule has 1 fully saturated rings. The highest BCUT2D eigenvalue weighted by atomic mass is 35.5. The molecular weight excluding hydrogens is 326 g/mol. The van der Waals surface area contributed by atoms with Gasteiger partial charge >= 0.3 is 0 Å². The van der Waals surface area contributed by atoms with E-state index in [2.05, 4.69) is 15.5 Å². The van der Waals surface area contributed by atoms with Crippen molar-refractivity contribution in [2.24, 2.45) is 0 Å². The molecule has 1 aromatic carbocycles. The van der Waals surface area contributed by atoms with Crippen LogP contribution < -0.4 is 10.6 Å². The first-order valence-electron chi connectivity index (χ1n) is 8.16. The number of hydrogen-bond donors (Lipinski definition) is 2. The van der Waals surface area contributed by atoms with Gasteiger partial charge in [-0.2, -0.15) is 0 Å². The van der Waals surface area contributed by atoms with E-state index in [1.54, 1.807) is 13.1 Å². The van der Waals surface area contributed by atoms with Crippen molar-refractivity contribution >= 4 is 29.0 Å². The molecule has 1 heterocycles. The third kappa shape index (κ3) is 5.35. The molecule has 130 valence electrons. The molecule has 0 aliphatic carbocycles. The maximum Gasteiger partial charge on any atom is 0.244 e. The third-order valence-electron chi connectivity index (χ3n) is 4.23. The summed E-state index contributed by atoms with van der Waals surface area (Å²) >= 11 is 6.15. The van der Waals surface area contributed by atoms with Crippen LogP contribution in [0.5, 0.6) is 0 Å². The summed E-state index contributed by atoms with van der Waals surface area (Å²) in [6, 6.07) is 7.63. The van der Waals surface area contributed by atoms with Crippen molar-refractivity contribution in [3.63, 3.8) is 0 Å². The second-order valence-electron chi connectivity index (χ2n) is 6.04. The quantitative estimate of drug-likeness (QED) is 0.800. The summed E-state index contributed by atoms with van der Waals surface area (Å²) in [5, 5.41) is 6.31. The van der Waals surface area contributed by atoms with Crippen LogP contribution in [0.4, 0.5) is 0 Å². The summed E-state index contributed by atoms with van der Waals surface area (Å²) in [6.07, 6.45) is 3.29. The van der Waals surface area contributed by atoms with Gasteiger partial charge in [-0.05, 0) is 37.0 Å². The van der Waals surface area contributed by atoms with Gasteiger partial charge in [-0.3, -0.25) is 14.5 Å². The maximum atomic E-state index is 12.2. The van der Waals surface area contributed by atoms with Crippen LogP contribution in [-0.4, -0.2) is 49.4 Å². The van der Waals surface area contributed by atoms with E-state index in [1.807, 2.05) is 31.2 Å². The largest absolute Gasteiger partial charge is 0.358 e. The number of likely N-dealkylation sites (tertiary alicyclic amines) is 1. The average Bonchev–Trinajstić information content (AvgIpc) is 2.56. The van der Waals surface area contributed by atoms with Crippen LogP contribution in [0, 0.1) is 0 Å². The summed E-state index contributed by atoms with van der Waals surface area (Å²) in [6.45, 7) is 3.92. The number of allylic oxidation sites excluding steroid dienone is 1. The third-order valence-corrected chi connectivity index (χ3v) is 4.56. The van der Waals surface area contributed by atoms with Crippen LogP contribution in [0.2, 0.25) is 5.02 Å². The van der Waals surface area contributed by atoms with E-state index >= 15 is 0 Å². The molecule has 1 saturated heterocycles. The highest BCUT2D eigenvalue weighted by molar-refractivity contribution is 6.32. The Morgan fingerprint density at radius 3 is 2.58 bits per heavy atom. The summed E-state index contributed by atoms with van der Waals surface area (Å²) in [5.41, 5.74) is 1.71. The Balaban J connectivity index is 1.84. The molecule has 24 heavy (non-hydrogen) atoms. The minimum atomic E-state index is -0.0998. The number of hydrogen-bond acceptors (Lipinski definition) is 3. The maximum absolute atomic E-state index is 12.2. The van der Waals surface area contributed by atoms with E-state index in [0.717, 1.165) is 37.1 Å². The zero-order chi connectivity index (χ0) is 17.5. The molecule has 0 bridgehead atoms. The predicted octanol–water partition coefficient (Wildman–Crippen LogP) is 2.07. The van der Waals surface area contributed by atoms with Gasteiger partial charge in [0.2, 0.25) is 11.8 Å². The van der Waals surface area contributed by atoms with Gasteiger partial charge in [-0.15, -0.1) is 0 Å². The number of rotatable bonds is 5. The van der Waals surface area contributed by atoms with Crippen LogP contribution in [0.1, 0.15) is 25.3 Å². The minimum absolute atomic E-state index is 0.0239. The molecule has 0 atom stereocenters. The summed E-state index contributed by atoms with van der Waals surface area (Å²) in [5.74, 6) is -0.0760. The van der Waals surface area contributed by atoms with Crippen molar-refractivity contribution < 1.29 is 9.59 Å². The van der Waals surface area contributed by atoms with Crippen molar-refractivity contribution in [2.75, 3.05) is 26.7 Å². The van der Waals surface area contributed by atoms with E-state index < -0.39 is 0 Å². The standard InChI is InChI=1S/C18H24ClN3O2/c1-13(15-5-3-4-6-16(15)19)11-17(23)21-14-7-9-22(10-8-14)12-18(24)20-2/h3-6,11,14H,7-10,12H2,1-2H3,(H,20,24)(H,21,23)/b13-11-. The highest BCUT2D eigenvalue weighted by Gasteiger charge is 2.21. The normalized spacial score (nSPS) is 16.7. The fraction of sp³-hybridized carbons (Fsp3) is 0.444. The molecule has 0 spiro atoms. The number of piperidine rings is 1. The Hall–Kier alpha value is -1.85. The SMILES string of the molecule is CNC(=O)CN1CCC(NC(=O)/C=C(/C)c2ccccc2Cl)CC1. The fourth-order valence-corrected chi connectivity index (χ4v) is 3.10. The number of halogens is 1. The zero-order valence-corrected chi connectivity index (χ0v) is 14.9. The Morgan fingerprint density at radius 2 is 1.96 bits per heavy atom. The van der Waals surface area contributed by atoms with Gasteiger partial charge in [-0.25, -0.2) is 0 Å². The summed E-state index contributed by atoms with van der Waals surface area (Å²) < 4.78 is 0. The molecule has 0 radical (unpaired) electrons. The van der Waals surface area contributed by atoms with Crippen LogP contribution in [-0.2, 0) is 9.59 Å². The summed E-state index contributed by atoms with van der Waals surface area (Å²) in [7, 11) is 1.64. The van der Waals surface area contributed by atoms with Crippen molar-refractivity contribution in [1.29, 1.82) is 0 Å². The number of nitrogens with one attached hydrogen (secondary N) is 2. The Bertz CT molecular complexity index is 622. The van der Waals surface area contributed by atoms with Crippen molar-refractivity contribution in [3.05, 3.63) is 40.9 Å². The van der Waals surface area contributed by atoms with Gasteiger partial charge in [-0.1, -0.05) is 29.8 Å². The van der Waals surface area contributed by atoms with Gasteiger partial charge in [0.1, 0.15) is 0 Å². The molecule has 0 unspecified atom stereocenters. The molecule has 0 aromatic heterocycles. The minimum Gasteiger partial charge on any atom is -0.358 e. The molecule has 2 N–H and O–H groups in total. The van der Waals surface area contributed by atoms with E-state index in [1.165, 1.54) is 0 Å². The van der Waals surface area contributed by atoms with Crippen molar-refractivity contribution in [2.45, 2.75) is 25.8 Å². The molecule has 1 aliphatic heterocycles. The van der Waals surface area contributed by atoms with E-state index in [0.29, 0.717) is 11.6 Å². The average molecular weight is 350 g/mol. The summed E-state index contributed by atoms with van der Waals surface area (Å²) in [4.78, 5) is 25.7. The van der Waals surface area contributed by atoms with Gasteiger partial charge in [0, 0.05) is 37.3 Å². The second kappa shape index (κ2) is 8.85. The molecule has 2 rings (SSSR count). The Labute approximate surface area is 148 Å². The monoisotopic (exact) mass is 349 g/mol. The topological polar surface area (TPSA) is 61.4 Å². The molecule has 1 aromatic rings. The number of nitrogens with zero attached hydrogens (tertiary/aromatic N) is 1. The molecule has 2 amide bonds. The van der Waals surface area contributed by atoms with Crippen LogP contribution in [0.3, 0.4) is 0 Å². The molecule has 6 heteroatoms. The fourth-order valence-electron chi connectivity index (χ4n) is 2.82. The van der Waals surface area contributed by atoms with Crippen LogP contribution in [0.25, 0.3) is 5.57 Å². The lowest BCUT2D eigenvalue weighted by molar-refractivity contribution is -0.122. The lowest BCUT2D eigenvalue weighted by Crippen LogP contribution is -2.46. The van der Waals surface area contributed by atoms with Crippen molar-refractivity contribution in [1.82, 2.24) is 15.5 Å².